The first kappa shape index (κ1) is 19.5. The number of carbonyl (C=O) groups is 1. The number of hydrogen-bond donors (Lipinski definition) is 2. The molecule has 1 fully saturated rings. The zero-order chi connectivity index (χ0) is 15.8. The van der Waals surface area contributed by atoms with Crippen molar-refractivity contribution in [1.82, 2.24) is 5.32 Å². The van der Waals surface area contributed by atoms with Crippen LogP contribution in [0, 0.1) is 5.41 Å². The van der Waals surface area contributed by atoms with Gasteiger partial charge >= 0.3 is 0 Å². The summed E-state index contributed by atoms with van der Waals surface area (Å²) in [6.45, 7) is 2.39. The Morgan fingerprint density at radius 3 is 2.43 bits per heavy atom. The van der Waals surface area contributed by atoms with Crippen molar-refractivity contribution in [3.05, 3.63) is 24.3 Å². The molecule has 2 rings (SSSR count). The summed E-state index contributed by atoms with van der Waals surface area (Å²) in [5.41, 5.74) is 5.31. The Morgan fingerprint density at radius 1 is 1.26 bits per heavy atom. The van der Waals surface area contributed by atoms with Gasteiger partial charge in [0.1, 0.15) is 18.1 Å². The molecule has 0 aromatic heterocycles. The van der Waals surface area contributed by atoms with Crippen LogP contribution < -0.4 is 20.5 Å². The van der Waals surface area contributed by atoms with Crippen LogP contribution in [0.5, 0.6) is 11.5 Å². The number of amides is 1. The molecule has 1 aromatic carbocycles. The molecule has 0 unspecified atom stereocenters. The quantitative estimate of drug-likeness (QED) is 0.730. The highest BCUT2D eigenvalue weighted by atomic mass is 35.5. The summed E-state index contributed by atoms with van der Waals surface area (Å²) in [5.74, 6) is 1.52. The lowest BCUT2D eigenvalue weighted by Crippen LogP contribution is -2.49. The molecule has 1 aromatic rings. The minimum Gasteiger partial charge on any atom is -0.497 e. The molecule has 3 N–H and O–H groups in total. The third kappa shape index (κ3) is 5.27. The molecule has 130 valence electrons. The van der Waals surface area contributed by atoms with Gasteiger partial charge in [-0.1, -0.05) is 0 Å². The molecule has 0 aliphatic carbocycles. The summed E-state index contributed by atoms with van der Waals surface area (Å²) in [4.78, 5) is 12.3. The lowest BCUT2D eigenvalue weighted by atomic mass is 9.79. The van der Waals surface area contributed by atoms with Crippen molar-refractivity contribution < 1.29 is 19.0 Å². The smallest absolute Gasteiger partial charge is 0.227 e. The number of halogens is 1. The zero-order valence-corrected chi connectivity index (χ0v) is 14.2. The highest BCUT2D eigenvalue weighted by Crippen LogP contribution is 2.29. The number of hydrogen-bond acceptors (Lipinski definition) is 5. The minimum atomic E-state index is -0.488. The van der Waals surface area contributed by atoms with Crippen LogP contribution in [0.3, 0.4) is 0 Å². The van der Waals surface area contributed by atoms with Crippen LogP contribution in [-0.4, -0.2) is 45.9 Å². The van der Waals surface area contributed by atoms with E-state index < -0.39 is 5.41 Å². The van der Waals surface area contributed by atoms with Crippen molar-refractivity contribution >= 4 is 18.3 Å². The lowest BCUT2D eigenvalue weighted by molar-refractivity contribution is -0.136. The molecule has 1 amide bonds. The van der Waals surface area contributed by atoms with Gasteiger partial charge in [-0.15, -0.1) is 12.4 Å². The van der Waals surface area contributed by atoms with Gasteiger partial charge in [-0.2, -0.15) is 0 Å². The number of carbonyl (C=O) groups excluding carboxylic acids is 1. The monoisotopic (exact) mass is 344 g/mol. The maximum atomic E-state index is 12.3. The average molecular weight is 345 g/mol. The summed E-state index contributed by atoms with van der Waals surface area (Å²) in [5, 5.41) is 2.91. The molecule has 1 heterocycles. The molecule has 0 spiro atoms. The highest BCUT2D eigenvalue weighted by Gasteiger charge is 2.38. The molecule has 1 aliphatic heterocycles. The van der Waals surface area contributed by atoms with E-state index in [9.17, 15) is 4.79 Å². The first-order chi connectivity index (χ1) is 10.7. The number of methoxy groups -OCH3 is 1. The molecule has 6 nitrogen and oxygen atoms in total. The first-order valence-corrected chi connectivity index (χ1v) is 7.53. The molecular weight excluding hydrogens is 320 g/mol. The molecule has 1 saturated heterocycles. The van der Waals surface area contributed by atoms with E-state index in [1.165, 1.54) is 0 Å². The van der Waals surface area contributed by atoms with Crippen LogP contribution >= 0.6 is 12.4 Å². The van der Waals surface area contributed by atoms with E-state index in [2.05, 4.69) is 5.32 Å². The SMILES string of the molecule is COc1ccc(OCCNC(=O)C2(CN)CCOCC2)cc1.Cl. The third-order valence-electron chi connectivity index (χ3n) is 4.04. The van der Waals surface area contributed by atoms with Gasteiger partial charge in [0.05, 0.1) is 19.1 Å². The molecular formula is C16H25ClN2O4. The third-order valence-corrected chi connectivity index (χ3v) is 4.04. The van der Waals surface area contributed by atoms with Crippen molar-refractivity contribution in [3.8, 4) is 11.5 Å². The standard InChI is InChI=1S/C16H24N2O4.ClH/c1-20-13-2-4-14(5-3-13)22-11-8-18-15(19)16(12-17)6-9-21-10-7-16;/h2-5H,6-12,17H2,1H3,(H,18,19);1H. The average Bonchev–Trinajstić information content (AvgIpc) is 2.59. The molecule has 0 bridgehead atoms. The Balaban J connectivity index is 0.00000264. The number of rotatable bonds is 7. The van der Waals surface area contributed by atoms with Crippen molar-refractivity contribution in [2.75, 3.05) is 40.0 Å². The minimum absolute atomic E-state index is 0. The van der Waals surface area contributed by atoms with Crippen LogP contribution in [0.2, 0.25) is 0 Å². The summed E-state index contributed by atoms with van der Waals surface area (Å²) >= 11 is 0. The molecule has 0 saturated carbocycles. The fourth-order valence-electron chi connectivity index (χ4n) is 2.48. The predicted molar refractivity (Wildman–Crippen MR) is 90.3 cm³/mol. The second-order valence-corrected chi connectivity index (χ2v) is 5.38. The fourth-order valence-corrected chi connectivity index (χ4v) is 2.48. The van der Waals surface area contributed by atoms with Gasteiger partial charge in [0.2, 0.25) is 5.91 Å². The molecule has 0 atom stereocenters. The van der Waals surface area contributed by atoms with E-state index >= 15 is 0 Å². The summed E-state index contributed by atoms with van der Waals surface area (Å²) in [6, 6.07) is 7.33. The van der Waals surface area contributed by atoms with Gasteiger partial charge < -0.3 is 25.3 Å². The first-order valence-electron chi connectivity index (χ1n) is 7.53. The Hall–Kier alpha value is -1.50. The maximum Gasteiger partial charge on any atom is 0.227 e. The maximum absolute atomic E-state index is 12.3. The fraction of sp³-hybridized carbons (Fsp3) is 0.562. The van der Waals surface area contributed by atoms with Crippen LogP contribution in [0.1, 0.15) is 12.8 Å². The topological polar surface area (TPSA) is 82.8 Å². The second kappa shape index (κ2) is 9.60. The van der Waals surface area contributed by atoms with Crippen LogP contribution in [0.4, 0.5) is 0 Å². The number of nitrogens with one attached hydrogen (secondary N) is 1. The molecule has 0 radical (unpaired) electrons. The van der Waals surface area contributed by atoms with Crippen molar-refractivity contribution in [3.63, 3.8) is 0 Å². The van der Waals surface area contributed by atoms with Crippen molar-refractivity contribution in [2.45, 2.75) is 12.8 Å². The van der Waals surface area contributed by atoms with Crippen LogP contribution in [0.15, 0.2) is 24.3 Å². The van der Waals surface area contributed by atoms with Gasteiger partial charge in [-0.05, 0) is 37.1 Å². The Labute approximate surface area is 143 Å². The van der Waals surface area contributed by atoms with E-state index in [1.54, 1.807) is 7.11 Å². The van der Waals surface area contributed by atoms with Crippen molar-refractivity contribution in [2.24, 2.45) is 11.1 Å². The largest absolute Gasteiger partial charge is 0.497 e. The van der Waals surface area contributed by atoms with E-state index in [0.29, 0.717) is 45.8 Å². The predicted octanol–water partition coefficient (Wildman–Crippen LogP) is 1.37. The van der Waals surface area contributed by atoms with Crippen molar-refractivity contribution in [1.29, 1.82) is 0 Å². The Bertz CT molecular complexity index is 475. The van der Waals surface area contributed by atoms with E-state index in [0.717, 1.165) is 11.5 Å². The Morgan fingerprint density at radius 2 is 1.87 bits per heavy atom. The van der Waals surface area contributed by atoms with Gasteiger partial charge in [-0.25, -0.2) is 0 Å². The van der Waals surface area contributed by atoms with Gasteiger partial charge in [0.15, 0.2) is 0 Å². The highest BCUT2D eigenvalue weighted by molar-refractivity contribution is 5.85. The number of nitrogens with two attached hydrogens (primary N) is 1. The van der Waals surface area contributed by atoms with Gasteiger partial charge in [0.25, 0.3) is 0 Å². The van der Waals surface area contributed by atoms with Gasteiger partial charge in [-0.3, -0.25) is 4.79 Å². The summed E-state index contributed by atoms with van der Waals surface area (Å²) in [7, 11) is 1.62. The van der Waals surface area contributed by atoms with Gasteiger partial charge in [0, 0.05) is 19.8 Å². The molecule has 1 aliphatic rings. The summed E-state index contributed by atoms with van der Waals surface area (Å²) < 4.78 is 16.0. The number of benzene rings is 1. The van der Waals surface area contributed by atoms with Crippen LogP contribution in [-0.2, 0) is 9.53 Å². The normalized spacial score (nSPS) is 16.1. The summed E-state index contributed by atoms with van der Waals surface area (Å²) in [6.07, 6.45) is 1.35. The lowest BCUT2D eigenvalue weighted by Gasteiger charge is -2.34. The Kier molecular flexibility index (Phi) is 8.16. The van der Waals surface area contributed by atoms with E-state index in [4.69, 9.17) is 19.9 Å². The van der Waals surface area contributed by atoms with Crippen LogP contribution in [0.25, 0.3) is 0 Å². The van der Waals surface area contributed by atoms with E-state index in [-0.39, 0.29) is 18.3 Å². The zero-order valence-electron chi connectivity index (χ0n) is 13.4. The second-order valence-electron chi connectivity index (χ2n) is 5.38. The molecule has 7 heteroatoms. The number of ether oxygens (including phenoxy) is 3. The van der Waals surface area contributed by atoms with E-state index in [1.807, 2.05) is 24.3 Å². The molecule has 23 heavy (non-hydrogen) atoms.